The van der Waals surface area contributed by atoms with E-state index in [-0.39, 0.29) is 5.60 Å². The van der Waals surface area contributed by atoms with E-state index < -0.39 is 0 Å². The van der Waals surface area contributed by atoms with E-state index in [1.165, 1.54) is 6.42 Å². The van der Waals surface area contributed by atoms with Gasteiger partial charge >= 0.3 is 0 Å². The van der Waals surface area contributed by atoms with Gasteiger partial charge in [0.1, 0.15) is 5.76 Å². The quantitative estimate of drug-likeness (QED) is 0.834. The smallest absolute Gasteiger partial charge is 0.133 e. The number of aryl methyl sites for hydroxylation is 1. The number of rotatable bonds is 5. The topological polar surface area (TPSA) is 47.7 Å². The molecular formula is C16H26N2O3. The summed E-state index contributed by atoms with van der Waals surface area (Å²) in [5.74, 6) is 1.55. The summed E-state index contributed by atoms with van der Waals surface area (Å²) in [4.78, 5) is 2.46. The fourth-order valence-corrected chi connectivity index (χ4v) is 3.82. The molecule has 0 radical (unpaired) electrons. The van der Waals surface area contributed by atoms with Crippen LogP contribution in [-0.4, -0.2) is 49.1 Å². The molecule has 0 amide bonds. The molecule has 118 valence electrons. The normalized spacial score (nSPS) is 25.7. The van der Waals surface area contributed by atoms with Crippen molar-refractivity contribution in [2.75, 3.05) is 33.4 Å². The highest BCUT2D eigenvalue weighted by Gasteiger charge is 2.45. The molecule has 3 rings (SSSR count). The van der Waals surface area contributed by atoms with Gasteiger partial charge in [-0.25, -0.2) is 0 Å². The van der Waals surface area contributed by atoms with E-state index >= 15 is 0 Å². The van der Waals surface area contributed by atoms with Gasteiger partial charge in [-0.15, -0.1) is 0 Å². The zero-order chi connectivity index (χ0) is 14.7. The Morgan fingerprint density at radius 2 is 2.24 bits per heavy atom. The second-order valence-corrected chi connectivity index (χ2v) is 6.39. The van der Waals surface area contributed by atoms with Gasteiger partial charge in [0.15, 0.2) is 0 Å². The largest absolute Gasteiger partial charge is 0.385 e. The highest BCUT2D eigenvalue weighted by atomic mass is 16.5. The van der Waals surface area contributed by atoms with Gasteiger partial charge in [-0.2, -0.15) is 0 Å². The maximum atomic E-state index is 6.18. The van der Waals surface area contributed by atoms with Gasteiger partial charge < -0.3 is 14.0 Å². The summed E-state index contributed by atoms with van der Waals surface area (Å²) in [6.45, 7) is 6.74. The van der Waals surface area contributed by atoms with E-state index in [1.807, 2.05) is 13.0 Å². The van der Waals surface area contributed by atoms with E-state index in [0.29, 0.717) is 5.92 Å². The third-order valence-corrected chi connectivity index (χ3v) is 5.04. The average molecular weight is 294 g/mol. The molecule has 1 aromatic rings. The van der Waals surface area contributed by atoms with Crippen LogP contribution in [0.15, 0.2) is 10.6 Å². The number of nitrogens with zero attached hydrogens (tertiary/aromatic N) is 2. The second kappa shape index (κ2) is 6.46. The summed E-state index contributed by atoms with van der Waals surface area (Å²) in [5.41, 5.74) is 1.14. The zero-order valence-corrected chi connectivity index (χ0v) is 13.1. The lowest BCUT2D eigenvalue weighted by atomic mass is 9.78. The Balaban J connectivity index is 1.54. The molecule has 1 atom stereocenters. The van der Waals surface area contributed by atoms with Crippen molar-refractivity contribution in [3.63, 3.8) is 0 Å². The molecule has 2 aliphatic rings. The molecule has 2 saturated heterocycles. The van der Waals surface area contributed by atoms with Crippen molar-refractivity contribution in [1.29, 1.82) is 0 Å². The lowest BCUT2D eigenvalue weighted by Gasteiger charge is -2.42. The summed E-state index contributed by atoms with van der Waals surface area (Å²) in [6.07, 6.45) is 4.56. The lowest BCUT2D eigenvalue weighted by Crippen LogP contribution is -2.47. The molecule has 5 heteroatoms. The molecule has 1 spiro atoms. The highest BCUT2D eigenvalue weighted by molar-refractivity contribution is 5.04. The number of hydrogen-bond donors (Lipinski definition) is 0. The number of ether oxygens (including phenoxy) is 2. The number of piperidine rings is 1. The minimum atomic E-state index is 0.106. The van der Waals surface area contributed by atoms with Crippen LogP contribution in [-0.2, 0) is 16.0 Å². The Morgan fingerprint density at radius 3 is 2.90 bits per heavy atom. The Kier molecular flexibility index (Phi) is 4.62. The standard InChI is InChI=1S/C16H26N2O3/c1-13-11-15(17-21-13)12-18-7-5-16(6-8-18)14(3-9-19-2)4-10-20-16/h11,14H,3-10,12H2,1-2H3/t14-/m1/s1. The van der Waals surface area contributed by atoms with Crippen molar-refractivity contribution >= 4 is 0 Å². The second-order valence-electron chi connectivity index (χ2n) is 6.39. The Morgan fingerprint density at radius 1 is 1.43 bits per heavy atom. The number of methoxy groups -OCH3 is 1. The summed E-state index contributed by atoms with van der Waals surface area (Å²) in [7, 11) is 1.78. The van der Waals surface area contributed by atoms with Gasteiger partial charge in [-0.3, -0.25) is 4.90 Å². The van der Waals surface area contributed by atoms with Gasteiger partial charge in [0.2, 0.25) is 0 Å². The van der Waals surface area contributed by atoms with Gasteiger partial charge in [0.05, 0.1) is 11.3 Å². The van der Waals surface area contributed by atoms with Crippen LogP contribution < -0.4 is 0 Å². The van der Waals surface area contributed by atoms with Crippen LogP contribution in [0.3, 0.4) is 0 Å². The summed E-state index contributed by atoms with van der Waals surface area (Å²) in [5, 5.41) is 4.09. The van der Waals surface area contributed by atoms with Crippen LogP contribution in [0.4, 0.5) is 0 Å². The van der Waals surface area contributed by atoms with Crippen molar-refractivity contribution in [3.05, 3.63) is 17.5 Å². The third kappa shape index (κ3) is 3.30. The van der Waals surface area contributed by atoms with Gasteiger partial charge in [0.25, 0.3) is 0 Å². The minimum absolute atomic E-state index is 0.106. The van der Waals surface area contributed by atoms with E-state index in [4.69, 9.17) is 14.0 Å². The average Bonchev–Trinajstić information content (AvgIpc) is 3.06. The third-order valence-electron chi connectivity index (χ3n) is 5.04. The Hall–Kier alpha value is -0.910. The molecule has 0 aliphatic carbocycles. The zero-order valence-electron chi connectivity index (χ0n) is 13.1. The van der Waals surface area contributed by atoms with E-state index in [1.54, 1.807) is 7.11 Å². The van der Waals surface area contributed by atoms with E-state index in [2.05, 4.69) is 10.1 Å². The molecule has 2 aliphatic heterocycles. The summed E-state index contributed by atoms with van der Waals surface area (Å²) >= 11 is 0. The molecule has 0 bridgehead atoms. The fraction of sp³-hybridized carbons (Fsp3) is 0.812. The van der Waals surface area contributed by atoms with Crippen LogP contribution in [0, 0.1) is 12.8 Å². The van der Waals surface area contributed by atoms with Crippen molar-refractivity contribution in [3.8, 4) is 0 Å². The molecule has 0 unspecified atom stereocenters. The Labute approximate surface area is 126 Å². The molecule has 5 nitrogen and oxygen atoms in total. The molecule has 0 aromatic carbocycles. The number of hydrogen-bond acceptors (Lipinski definition) is 5. The number of likely N-dealkylation sites (tertiary alicyclic amines) is 1. The van der Waals surface area contributed by atoms with Crippen molar-refractivity contribution in [1.82, 2.24) is 10.1 Å². The summed E-state index contributed by atoms with van der Waals surface area (Å²) in [6, 6.07) is 2.03. The molecule has 0 N–H and O–H groups in total. The van der Waals surface area contributed by atoms with Crippen LogP contribution in [0.25, 0.3) is 0 Å². The van der Waals surface area contributed by atoms with E-state index in [9.17, 15) is 0 Å². The van der Waals surface area contributed by atoms with Crippen molar-refractivity contribution in [2.24, 2.45) is 5.92 Å². The summed E-state index contributed by atoms with van der Waals surface area (Å²) < 4.78 is 16.6. The first kappa shape index (κ1) is 15.0. The van der Waals surface area contributed by atoms with Gasteiger partial charge in [-0.05, 0) is 38.5 Å². The van der Waals surface area contributed by atoms with Gasteiger partial charge in [0, 0.05) is 46.0 Å². The molecule has 0 saturated carbocycles. The number of aromatic nitrogens is 1. The van der Waals surface area contributed by atoms with E-state index in [0.717, 1.165) is 63.6 Å². The molecular weight excluding hydrogens is 268 g/mol. The Bertz CT molecular complexity index is 452. The SMILES string of the molecule is COCC[C@@H]1CCOC12CCN(Cc1cc(C)on1)CC2. The molecule has 1 aromatic heterocycles. The minimum Gasteiger partial charge on any atom is -0.385 e. The van der Waals surface area contributed by atoms with Crippen LogP contribution in [0.1, 0.15) is 37.1 Å². The fourth-order valence-electron chi connectivity index (χ4n) is 3.82. The highest BCUT2D eigenvalue weighted by Crippen LogP contribution is 2.42. The maximum Gasteiger partial charge on any atom is 0.133 e. The van der Waals surface area contributed by atoms with Crippen LogP contribution in [0.2, 0.25) is 0 Å². The monoisotopic (exact) mass is 294 g/mol. The van der Waals surface area contributed by atoms with Crippen LogP contribution in [0.5, 0.6) is 0 Å². The predicted molar refractivity (Wildman–Crippen MR) is 79.0 cm³/mol. The molecule has 3 heterocycles. The van der Waals surface area contributed by atoms with Crippen molar-refractivity contribution in [2.45, 2.75) is 44.8 Å². The van der Waals surface area contributed by atoms with Crippen molar-refractivity contribution < 1.29 is 14.0 Å². The first-order valence-corrected chi connectivity index (χ1v) is 7.99. The first-order valence-electron chi connectivity index (χ1n) is 7.99. The maximum absolute atomic E-state index is 6.18. The van der Waals surface area contributed by atoms with Gasteiger partial charge in [-0.1, -0.05) is 5.16 Å². The van der Waals surface area contributed by atoms with Crippen LogP contribution >= 0.6 is 0 Å². The molecule has 21 heavy (non-hydrogen) atoms. The first-order chi connectivity index (χ1) is 10.2. The predicted octanol–water partition coefficient (Wildman–Crippen LogP) is 2.39. The lowest BCUT2D eigenvalue weighted by molar-refractivity contribution is -0.0723. The molecule has 2 fully saturated rings.